The molecule has 0 radical (unpaired) electrons. The highest BCUT2D eigenvalue weighted by Gasteiger charge is 2.28. The largest absolute Gasteiger partial charge is 0.469 e. The number of nitrogens with zero attached hydrogens (tertiary/aromatic N) is 1. The van der Waals surface area contributed by atoms with Crippen molar-refractivity contribution >= 4 is 44.8 Å². The summed E-state index contributed by atoms with van der Waals surface area (Å²) in [5.74, 6) is -0.242. The lowest BCUT2D eigenvalue weighted by molar-refractivity contribution is -0.145. The molecule has 1 fully saturated rings. The molecule has 2 rings (SSSR count). The smallest absolute Gasteiger partial charge is 0.310 e. The van der Waals surface area contributed by atoms with Gasteiger partial charge in [0.1, 0.15) is 4.99 Å². The number of benzene rings is 1. The number of hydrogen-bond donors (Lipinski definition) is 1. The van der Waals surface area contributed by atoms with Gasteiger partial charge in [-0.1, -0.05) is 18.3 Å². The number of halogens is 1. The molecule has 0 aliphatic carbocycles. The number of carbonyl (C=O) groups excluding carboxylic acids is 1. The van der Waals surface area contributed by atoms with Crippen LogP contribution in [0, 0.1) is 5.92 Å². The number of anilines is 1. The third-order valence-electron chi connectivity index (χ3n) is 3.53. The summed E-state index contributed by atoms with van der Waals surface area (Å²) in [7, 11) is 1.43. The maximum absolute atomic E-state index is 11.7. The minimum Gasteiger partial charge on any atom is -0.469 e. The summed E-state index contributed by atoms with van der Waals surface area (Å²) in [5.41, 5.74) is 7.63. The molecule has 1 aliphatic rings. The second-order valence-electron chi connectivity index (χ2n) is 4.81. The van der Waals surface area contributed by atoms with Crippen LogP contribution >= 0.6 is 28.1 Å². The van der Waals surface area contributed by atoms with E-state index < -0.39 is 0 Å². The summed E-state index contributed by atoms with van der Waals surface area (Å²) < 4.78 is 5.73. The van der Waals surface area contributed by atoms with E-state index in [0.717, 1.165) is 35.1 Å². The Kier molecular flexibility index (Phi) is 4.99. The van der Waals surface area contributed by atoms with Crippen molar-refractivity contribution in [3.05, 3.63) is 28.2 Å². The van der Waals surface area contributed by atoms with E-state index in [1.54, 1.807) is 0 Å². The van der Waals surface area contributed by atoms with Crippen molar-refractivity contribution in [2.24, 2.45) is 11.7 Å². The zero-order chi connectivity index (χ0) is 14.7. The van der Waals surface area contributed by atoms with Crippen LogP contribution in [0.2, 0.25) is 0 Å². The first-order valence-corrected chi connectivity index (χ1v) is 7.65. The molecule has 6 heteroatoms. The van der Waals surface area contributed by atoms with Gasteiger partial charge in [-0.3, -0.25) is 4.79 Å². The predicted molar refractivity (Wildman–Crippen MR) is 87.0 cm³/mol. The summed E-state index contributed by atoms with van der Waals surface area (Å²) >= 11 is 8.63. The van der Waals surface area contributed by atoms with Gasteiger partial charge in [-0.25, -0.2) is 0 Å². The standard InChI is InChI=1S/C14H17BrN2O2S/c1-19-14(18)9-4-3-7-17(8-9)11-6-2-5-10(15)12(11)13(16)20/h2,5-6,9H,3-4,7-8H2,1H3,(H2,16,20). The molecule has 2 N–H and O–H groups in total. The molecule has 1 atom stereocenters. The second kappa shape index (κ2) is 6.54. The highest BCUT2D eigenvalue weighted by Crippen LogP contribution is 2.31. The van der Waals surface area contributed by atoms with Gasteiger partial charge in [0, 0.05) is 28.8 Å². The molecule has 1 aliphatic heterocycles. The van der Waals surface area contributed by atoms with Crippen molar-refractivity contribution in [1.29, 1.82) is 0 Å². The summed E-state index contributed by atoms with van der Waals surface area (Å²) in [6.07, 6.45) is 1.81. The van der Waals surface area contributed by atoms with Crippen LogP contribution in [0.1, 0.15) is 18.4 Å². The average Bonchev–Trinajstić information content (AvgIpc) is 2.45. The quantitative estimate of drug-likeness (QED) is 0.665. The molecule has 0 amide bonds. The van der Waals surface area contributed by atoms with Crippen LogP contribution in [0.15, 0.2) is 22.7 Å². The van der Waals surface area contributed by atoms with E-state index in [2.05, 4.69) is 20.8 Å². The molecule has 1 unspecified atom stereocenters. The van der Waals surface area contributed by atoms with Gasteiger partial charge in [-0.2, -0.15) is 0 Å². The summed E-state index contributed by atoms with van der Waals surface area (Å²) in [4.78, 5) is 14.2. The normalized spacial score (nSPS) is 18.7. The van der Waals surface area contributed by atoms with E-state index in [0.29, 0.717) is 11.5 Å². The van der Waals surface area contributed by atoms with Crippen LogP contribution in [0.4, 0.5) is 5.69 Å². The Balaban J connectivity index is 2.30. The Bertz CT molecular complexity index is 536. The lowest BCUT2D eigenvalue weighted by atomic mass is 9.97. The number of thiocarbonyl (C=S) groups is 1. The Hall–Kier alpha value is -1.14. The van der Waals surface area contributed by atoms with E-state index in [4.69, 9.17) is 22.7 Å². The fourth-order valence-corrected chi connectivity index (χ4v) is 3.49. The molecule has 1 aromatic carbocycles. The molecule has 108 valence electrons. The number of piperidine rings is 1. The van der Waals surface area contributed by atoms with Crippen molar-refractivity contribution in [2.45, 2.75) is 12.8 Å². The fraction of sp³-hybridized carbons (Fsp3) is 0.429. The van der Waals surface area contributed by atoms with Crippen LogP contribution in [-0.2, 0) is 9.53 Å². The molecule has 0 spiro atoms. The Labute approximate surface area is 132 Å². The third-order valence-corrected chi connectivity index (χ3v) is 4.40. The SMILES string of the molecule is COC(=O)C1CCCN(c2cccc(Br)c2C(N)=S)C1. The van der Waals surface area contributed by atoms with Gasteiger partial charge >= 0.3 is 5.97 Å². The first kappa shape index (κ1) is 15.3. The number of carbonyl (C=O) groups is 1. The topological polar surface area (TPSA) is 55.6 Å². The van der Waals surface area contributed by atoms with Gasteiger partial charge in [0.15, 0.2) is 0 Å². The van der Waals surface area contributed by atoms with E-state index in [1.165, 1.54) is 7.11 Å². The van der Waals surface area contributed by atoms with Gasteiger partial charge in [-0.05, 0) is 40.9 Å². The Morgan fingerprint density at radius 1 is 1.55 bits per heavy atom. The van der Waals surface area contributed by atoms with Crippen molar-refractivity contribution < 1.29 is 9.53 Å². The van der Waals surface area contributed by atoms with E-state index in [9.17, 15) is 4.79 Å². The van der Waals surface area contributed by atoms with Crippen LogP contribution in [0.3, 0.4) is 0 Å². The van der Waals surface area contributed by atoms with Crippen LogP contribution < -0.4 is 10.6 Å². The molecule has 1 aromatic rings. The molecule has 20 heavy (non-hydrogen) atoms. The number of methoxy groups -OCH3 is 1. The van der Waals surface area contributed by atoms with E-state index >= 15 is 0 Å². The van der Waals surface area contributed by atoms with E-state index in [-0.39, 0.29) is 11.9 Å². The third kappa shape index (κ3) is 3.12. The number of rotatable bonds is 3. The molecular weight excluding hydrogens is 340 g/mol. The number of ether oxygens (including phenoxy) is 1. The number of hydrogen-bond acceptors (Lipinski definition) is 4. The highest BCUT2D eigenvalue weighted by molar-refractivity contribution is 9.10. The summed E-state index contributed by atoms with van der Waals surface area (Å²) in [5, 5.41) is 0. The molecular formula is C14H17BrN2O2S. The predicted octanol–water partition coefficient (Wildman–Crippen LogP) is 2.47. The molecule has 1 saturated heterocycles. The van der Waals surface area contributed by atoms with Gasteiger partial charge < -0.3 is 15.4 Å². The minimum absolute atomic E-state index is 0.0908. The van der Waals surface area contributed by atoms with Crippen molar-refractivity contribution in [2.75, 3.05) is 25.1 Å². The Morgan fingerprint density at radius 2 is 2.30 bits per heavy atom. The van der Waals surface area contributed by atoms with Crippen LogP contribution in [-0.4, -0.2) is 31.2 Å². The first-order valence-electron chi connectivity index (χ1n) is 6.45. The Morgan fingerprint density at radius 3 is 2.95 bits per heavy atom. The fourth-order valence-electron chi connectivity index (χ4n) is 2.58. The lowest BCUT2D eigenvalue weighted by Crippen LogP contribution is -2.40. The molecule has 4 nitrogen and oxygen atoms in total. The average molecular weight is 357 g/mol. The lowest BCUT2D eigenvalue weighted by Gasteiger charge is -2.34. The molecule has 0 saturated carbocycles. The molecule has 0 bridgehead atoms. The van der Waals surface area contributed by atoms with Gasteiger partial charge in [0.2, 0.25) is 0 Å². The number of nitrogens with two attached hydrogens (primary N) is 1. The second-order valence-corrected chi connectivity index (χ2v) is 6.10. The molecule has 1 heterocycles. The summed E-state index contributed by atoms with van der Waals surface area (Å²) in [6.45, 7) is 1.53. The molecule has 0 aromatic heterocycles. The van der Waals surface area contributed by atoms with Crippen molar-refractivity contribution in [3.8, 4) is 0 Å². The van der Waals surface area contributed by atoms with Gasteiger partial charge in [-0.15, -0.1) is 0 Å². The maximum Gasteiger partial charge on any atom is 0.310 e. The zero-order valence-corrected chi connectivity index (χ0v) is 13.7. The van der Waals surface area contributed by atoms with E-state index in [1.807, 2.05) is 18.2 Å². The maximum atomic E-state index is 11.7. The van der Waals surface area contributed by atoms with Crippen molar-refractivity contribution in [1.82, 2.24) is 0 Å². The van der Waals surface area contributed by atoms with Gasteiger partial charge in [0.25, 0.3) is 0 Å². The van der Waals surface area contributed by atoms with Crippen LogP contribution in [0.5, 0.6) is 0 Å². The first-order chi connectivity index (χ1) is 9.54. The van der Waals surface area contributed by atoms with Crippen LogP contribution in [0.25, 0.3) is 0 Å². The monoisotopic (exact) mass is 356 g/mol. The summed E-state index contributed by atoms with van der Waals surface area (Å²) in [6, 6.07) is 5.85. The van der Waals surface area contributed by atoms with Gasteiger partial charge in [0.05, 0.1) is 13.0 Å². The number of esters is 1. The zero-order valence-electron chi connectivity index (χ0n) is 11.3. The minimum atomic E-state index is -0.151. The van der Waals surface area contributed by atoms with Crippen molar-refractivity contribution in [3.63, 3.8) is 0 Å². The highest BCUT2D eigenvalue weighted by atomic mass is 79.9.